The molecule has 0 aliphatic carbocycles. The van der Waals surface area contributed by atoms with Gasteiger partial charge in [0, 0.05) is 71.8 Å². The fourth-order valence-corrected chi connectivity index (χ4v) is 12.3. The van der Waals surface area contributed by atoms with Crippen LogP contribution in [0.2, 0.25) is 0 Å². The van der Waals surface area contributed by atoms with Crippen LogP contribution in [0.4, 0.5) is 0 Å². The smallest absolute Gasteiger partial charge is 0.131 e. The van der Waals surface area contributed by atoms with Crippen LogP contribution in [-0.2, 0) is 13.1 Å². The highest BCUT2D eigenvalue weighted by molar-refractivity contribution is 5.83. The first-order chi connectivity index (χ1) is 28.4. The molecule has 0 radical (unpaired) electrons. The van der Waals surface area contributed by atoms with Gasteiger partial charge in [-0.2, -0.15) is 0 Å². The molecule has 6 aliphatic heterocycles. The van der Waals surface area contributed by atoms with Crippen LogP contribution in [0.1, 0.15) is 60.1 Å². The second-order valence-corrected chi connectivity index (χ2v) is 18.2. The molecule has 58 heavy (non-hydrogen) atoms. The summed E-state index contributed by atoms with van der Waals surface area (Å²) in [6.45, 7) is 14.5. The molecule has 6 fully saturated rings. The Kier molecular flexibility index (Phi) is 9.65. The van der Waals surface area contributed by atoms with Crippen LogP contribution in [0, 0.1) is 23.7 Å². The van der Waals surface area contributed by atoms with Crippen molar-refractivity contribution >= 4 is 21.8 Å². The quantitative estimate of drug-likeness (QED) is 0.102. The molecule has 0 amide bonds. The lowest BCUT2D eigenvalue weighted by atomic mass is 9.71. The number of aliphatic hydroxyl groups excluding tert-OH is 2. The van der Waals surface area contributed by atoms with Crippen LogP contribution in [0.25, 0.3) is 32.9 Å². The van der Waals surface area contributed by atoms with Crippen molar-refractivity contribution in [2.24, 2.45) is 23.7 Å². The van der Waals surface area contributed by atoms with E-state index in [-0.39, 0.29) is 12.1 Å². The minimum absolute atomic E-state index is 0.122. The topological polar surface area (TPSA) is 66.2 Å². The second kappa shape index (κ2) is 15.0. The zero-order valence-electron chi connectivity index (χ0n) is 33.5. The number of hydrogen-bond donors (Lipinski definition) is 2. The first-order valence-corrected chi connectivity index (χ1v) is 21.6. The maximum atomic E-state index is 12.2. The number of nitrogens with zero attached hydrogens (tertiary/aromatic N) is 4. The summed E-state index contributed by atoms with van der Waals surface area (Å²) < 4.78 is 1.78. The predicted octanol–water partition coefficient (Wildman–Crippen LogP) is 9.74. The Balaban J connectivity index is 0.885. The number of aliphatic hydroxyl groups is 2. The summed E-state index contributed by atoms with van der Waals surface area (Å²) in [6, 6.07) is 39.1. The number of piperidine rings is 6. The predicted molar refractivity (Wildman–Crippen MR) is 233 cm³/mol. The molecule has 10 atom stereocenters. The van der Waals surface area contributed by atoms with E-state index in [1.807, 2.05) is 60.9 Å². The second-order valence-electron chi connectivity index (χ2n) is 18.2. The van der Waals surface area contributed by atoms with Crippen LogP contribution in [-0.4, -0.2) is 67.4 Å². The lowest BCUT2D eigenvalue weighted by molar-refractivity contribution is -0.984. The van der Waals surface area contributed by atoms with Gasteiger partial charge in [0.05, 0.1) is 37.2 Å². The monoisotopic (exact) mass is 768 g/mol. The summed E-state index contributed by atoms with van der Waals surface area (Å²) in [4.78, 5) is 9.18. The van der Waals surface area contributed by atoms with Gasteiger partial charge in [-0.3, -0.25) is 9.97 Å². The summed E-state index contributed by atoms with van der Waals surface area (Å²) >= 11 is 0. The van der Waals surface area contributed by atoms with Gasteiger partial charge in [-0.05, 0) is 58.4 Å². The van der Waals surface area contributed by atoms with Crippen LogP contribution in [0.5, 0.6) is 0 Å². The standard InChI is InChI=1S/C52H56N4O2/c1-3-37-33-55(27-23-41(37)29-49(55)51(57)45-21-25-53-47-11-7-5-9-43(45)47)31-35-13-17-39(18-14-35)40-19-15-36(16-20-40)32-56-28-24-42(38(4-2)34-56)30-50(56)52(58)46-22-26-54-48-12-8-6-10-44(46)48/h3-22,25-26,37-38,41-42,49-52,57-58H,1-2,23-24,27-34H2/q+2. The third-order valence-electron chi connectivity index (χ3n) is 15.3. The van der Waals surface area contributed by atoms with E-state index in [4.69, 9.17) is 0 Å². The Bertz CT molecular complexity index is 2280. The number of fused-ring (bicyclic) bond motifs is 8. The molecule has 2 N–H and O–H groups in total. The average molecular weight is 769 g/mol. The number of pyridine rings is 2. The van der Waals surface area contributed by atoms with E-state index >= 15 is 0 Å². The van der Waals surface area contributed by atoms with E-state index in [2.05, 4.69) is 95.9 Å². The fraction of sp³-hybridized carbons (Fsp3) is 0.346. The normalized spacial score (nSPS) is 30.0. The van der Waals surface area contributed by atoms with Crippen molar-refractivity contribution in [2.75, 3.05) is 26.2 Å². The Morgan fingerprint density at radius 2 is 0.983 bits per heavy atom. The molecule has 8 heterocycles. The molecule has 6 aliphatic rings. The first-order valence-electron chi connectivity index (χ1n) is 21.6. The SMILES string of the molecule is C=CC1C[N+]2(Cc3ccc(-c4ccc(C[N+]56CCC(CC5C(O)c5ccnc7ccccc57)C(C=C)C6)cc4)cc3)CCC1CC2C(O)c1ccnc2ccccc12. The van der Waals surface area contributed by atoms with E-state index in [9.17, 15) is 10.2 Å². The molecule has 2 aromatic heterocycles. The molecule has 6 aromatic rings. The molecule has 6 saturated heterocycles. The third-order valence-corrected chi connectivity index (χ3v) is 15.3. The number of aromatic nitrogens is 2. The van der Waals surface area contributed by atoms with Gasteiger partial charge < -0.3 is 19.2 Å². The van der Waals surface area contributed by atoms with E-state index in [1.54, 1.807) is 0 Å². The van der Waals surface area contributed by atoms with E-state index in [0.29, 0.717) is 23.7 Å². The lowest BCUT2D eigenvalue weighted by Crippen LogP contribution is -2.67. The van der Waals surface area contributed by atoms with Crippen molar-refractivity contribution in [1.29, 1.82) is 0 Å². The van der Waals surface area contributed by atoms with Crippen LogP contribution in [0.15, 0.2) is 147 Å². The van der Waals surface area contributed by atoms with Crippen molar-refractivity contribution in [3.05, 3.63) is 169 Å². The minimum atomic E-state index is -0.558. The van der Waals surface area contributed by atoms with Crippen molar-refractivity contribution in [1.82, 2.24) is 9.97 Å². The van der Waals surface area contributed by atoms with Gasteiger partial charge in [-0.1, -0.05) is 97.1 Å². The Labute approximate surface area is 343 Å². The maximum Gasteiger partial charge on any atom is 0.131 e. The Hall–Kier alpha value is -4.98. The van der Waals surface area contributed by atoms with Crippen molar-refractivity contribution in [3.8, 4) is 11.1 Å². The number of hydrogen-bond acceptors (Lipinski definition) is 4. The number of para-hydroxylation sites is 2. The van der Waals surface area contributed by atoms with Gasteiger partial charge in [0.25, 0.3) is 0 Å². The summed E-state index contributed by atoms with van der Waals surface area (Å²) in [5.74, 6) is 2.09. The van der Waals surface area contributed by atoms with Gasteiger partial charge in [0.2, 0.25) is 0 Å². The summed E-state index contributed by atoms with van der Waals surface area (Å²) in [5, 5.41) is 26.5. The number of benzene rings is 4. The van der Waals surface area contributed by atoms with Crippen LogP contribution >= 0.6 is 0 Å². The van der Waals surface area contributed by atoms with Crippen molar-refractivity contribution in [2.45, 2.75) is 63.1 Å². The molecular formula is C52H56N4O2+2. The molecule has 12 rings (SSSR count). The highest BCUT2D eigenvalue weighted by atomic mass is 16.3. The molecule has 4 bridgehead atoms. The van der Waals surface area contributed by atoms with Gasteiger partial charge >= 0.3 is 0 Å². The summed E-state index contributed by atoms with van der Waals surface area (Å²) in [7, 11) is 0. The van der Waals surface area contributed by atoms with Crippen molar-refractivity contribution in [3.63, 3.8) is 0 Å². The highest BCUT2D eigenvalue weighted by Gasteiger charge is 2.55. The van der Waals surface area contributed by atoms with Gasteiger partial charge in [0.1, 0.15) is 37.4 Å². The zero-order chi connectivity index (χ0) is 39.4. The van der Waals surface area contributed by atoms with Gasteiger partial charge in [0.15, 0.2) is 0 Å². The van der Waals surface area contributed by atoms with Crippen LogP contribution < -0.4 is 0 Å². The fourth-order valence-electron chi connectivity index (χ4n) is 12.3. The molecular weight excluding hydrogens is 713 g/mol. The highest BCUT2D eigenvalue weighted by Crippen LogP contribution is 2.50. The summed E-state index contributed by atoms with van der Waals surface area (Å²) in [6.07, 6.45) is 11.3. The maximum absolute atomic E-state index is 12.2. The molecule has 6 nitrogen and oxygen atoms in total. The van der Waals surface area contributed by atoms with Crippen LogP contribution in [0.3, 0.4) is 0 Å². The van der Waals surface area contributed by atoms with Gasteiger partial charge in [-0.15, -0.1) is 13.2 Å². The lowest BCUT2D eigenvalue weighted by Gasteiger charge is -2.58. The third kappa shape index (κ3) is 6.42. The Morgan fingerprint density at radius 1 is 0.569 bits per heavy atom. The van der Waals surface area contributed by atoms with E-state index in [1.165, 1.54) is 35.1 Å². The molecule has 294 valence electrons. The van der Waals surface area contributed by atoms with Gasteiger partial charge in [-0.25, -0.2) is 0 Å². The number of rotatable bonds is 11. The van der Waals surface area contributed by atoms with E-state index in [0.717, 1.165) is 94.0 Å². The summed E-state index contributed by atoms with van der Waals surface area (Å²) in [5.41, 5.74) is 8.93. The van der Waals surface area contributed by atoms with Crippen molar-refractivity contribution < 1.29 is 19.2 Å². The average Bonchev–Trinajstić information content (AvgIpc) is 3.28. The van der Waals surface area contributed by atoms with E-state index < -0.39 is 12.2 Å². The minimum Gasteiger partial charge on any atom is -0.382 e. The Morgan fingerprint density at radius 3 is 1.40 bits per heavy atom. The number of quaternary nitrogens is 2. The molecule has 0 spiro atoms. The molecule has 6 heteroatoms. The zero-order valence-corrected chi connectivity index (χ0v) is 33.5. The molecule has 0 saturated carbocycles. The molecule has 10 unspecified atom stereocenters. The molecule has 4 aromatic carbocycles. The largest absolute Gasteiger partial charge is 0.382 e. The first kappa shape index (κ1) is 37.3.